The number of hydrogen-bond acceptors (Lipinski definition) is 4. The summed E-state index contributed by atoms with van der Waals surface area (Å²) in [7, 11) is 3.74. The van der Waals surface area contributed by atoms with Crippen molar-refractivity contribution in [1.29, 1.82) is 0 Å². The van der Waals surface area contributed by atoms with Gasteiger partial charge in [-0.25, -0.2) is 4.79 Å². The molecule has 0 amide bonds. The van der Waals surface area contributed by atoms with Crippen LogP contribution in [0, 0.1) is 0 Å². The zero-order valence-electron chi connectivity index (χ0n) is 10.2. The quantitative estimate of drug-likeness (QED) is 0.584. The summed E-state index contributed by atoms with van der Waals surface area (Å²) in [4.78, 5) is 10.9. The molecular weight excluding hydrogens is 216 g/mol. The lowest BCUT2D eigenvalue weighted by Crippen LogP contribution is -2.06. The second kappa shape index (κ2) is 6.58. The Morgan fingerprint density at radius 2 is 2.18 bits per heavy atom. The Labute approximate surface area is 102 Å². The number of anilines is 2. The van der Waals surface area contributed by atoms with Crippen LogP contribution in [-0.4, -0.2) is 26.7 Å². The molecule has 0 spiro atoms. The molecule has 0 saturated carbocycles. The van der Waals surface area contributed by atoms with E-state index in [2.05, 4.69) is 17.2 Å². The first kappa shape index (κ1) is 13.1. The van der Waals surface area contributed by atoms with Gasteiger partial charge in [-0.15, -0.1) is 0 Å². The fourth-order valence-electron chi connectivity index (χ4n) is 1.50. The van der Waals surface area contributed by atoms with E-state index in [4.69, 9.17) is 4.74 Å². The second-order valence-corrected chi connectivity index (χ2v) is 3.49. The first-order valence-corrected chi connectivity index (χ1v) is 5.49. The van der Waals surface area contributed by atoms with E-state index in [1.165, 1.54) is 6.08 Å². The topological polar surface area (TPSA) is 50.4 Å². The molecule has 0 atom stereocenters. The largest absolute Gasteiger partial charge is 0.462 e. The predicted octanol–water partition coefficient (Wildman–Crippen LogP) is 2.04. The summed E-state index contributed by atoms with van der Waals surface area (Å²) in [6.07, 6.45) is 1.85. The minimum Gasteiger partial charge on any atom is -0.462 e. The molecule has 0 radical (unpaired) electrons. The molecule has 0 aliphatic carbocycles. The van der Waals surface area contributed by atoms with Crippen LogP contribution in [0.1, 0.15) is 5.56 Å². The summed E-state index contributed by atoms with van der Waals surface area (Å²) in [6, 6.07) is 6.02. The van der Waals surface area contributed by atoms with Gasteiger partial charge in [0.05, 0.1) is 6.61 Å². The van der Waals surface area contributed by atoms with Gasteiger partial charge in [0.15, 0.2) is 0 Å². The van der Waals surface area contributed by atoms with Crippen LogP contribution >= 0.6 is 0 Å². The van der Waals surface area contributed by atoms with Gasteiger partial charge < -0.3 is 15.4 Å². The maximum atomic E-state index is 10.9. The SMILES string of the molecule is C=CC(=O)OCCc1ccc(NC)cc1NC. The molecule has 0 unspecified atom stereocenters. The number of carbonyl (C=O) groups excluding carboxylic acids is 1. The van der Waals surface area contributed by atoms with Crippen molar-refractivity contribution in [3.63, 3.8) is 0 Å². The molecule has 0 fully saturated rings. The van der Waals surface area contributed by atoms with E-state index in [0.717, 1.165) is 16.9 Å². The average molecular weight is 234 g/mol. The summed E-state index contributed by atoms with van der Waals surface area (Å²) in [5, 5.41) is 6.20. The van der Waals surface area contributed by atoms with Crippen molar-refractivity contribution >= 4 is 17.3 Å². The minimum absolute atomic E-state index is 0.360. The van der Waals surface area contributed by atoms with Gasteiger partial charge in [0.2, 0.25) is 0 Å². The van der Waals surface area contributed by atoms with Crippen molar-refractivity contribution in [3.8, 4) is 0 Å². The molecule has 17 heavy (non-hydrogen) atoms. The van der Waals surface area contributed by atoms with E-state index < -0.39 is 0 Å². The number of ether oxygens (including phenoxy) is 1. The highest BCUT2D eigenvalue weighted by Crippen LogP contribution is 2.20. The van der Waals surface area contributed by atoms with Crippen LogP contribution in [0.25, 0.3) is 0 Å². The van der Waals surface area contributed by atoms with Gasteiger partial charge in [0, 0.05) is 38.0 Å². The number of nitrogens with one attached hydrogen (secondary N) is 2. The van der Waals surface area contributed by atoms with Gasteiger partial charge in [0.1, 0.15) is 0 Å². The van der Waals surface area contributed by atoms with Crippen LogP contribution in [0.15, 0.2) is 30.9 Å². The van der Waals surface area contributed by atoms with Crippen molar-refractivity contribution in [1.82, 2.24) is 0 Å². The third-order valence-electron chi connectivity index (χ3n) is 2.45. The standard InChI is InChI=1S/C13H18N2O2/c1-4-13(16)17-8-7-10-5-6-11(14-2)9-12(10)15-3/h4-6,9,14-15H,1,7-8H2,2-3H3. The molecule has 0 heterocycles. The van der Waals surface area contributed by atoms with Crippen molar-refractivity contribution in [2.24, 2.45) is 0 Å². The van der Waals surface area contributed by atoms with Crippen molar-refractivity contribution in [2.45, 2.75) is 6.42 Å². The monoisotopic (exact) mass is 234 g/mol. The number of rotatable bonds is 6. The van der Waals surface area contributed by atoms with E-state index in [1.807, 2.05) is 32.3 Å². The lowest BCUT2D eigenvalue weighted by atomic mass is 10.1. The summed E-state index contributed by atoms with van der Waals surface area (Å²) >= 11 is 0. The fraction of sp³-hybridized carbons (Fsp3) is 0.308. The van der Waals surface area contributed by atoms with E-state index in [1.54, 1.807) is 0 Å². The van der Waals surface area contributed by atoms with Crippen LogP contribution in [0.2, 0.25) is 0 Å². The van der Waals surface area contributed by atoms with E-state index in [9.17, 15) is 4.79 Å². The molecule has 0 aliphatic heterocycles. The molecule has 0 aromatic heterocycles. The van der Waals surface area contributed by atoms with Crippen LogP contribution in [0.5, 0.6) is 0 Å². The third kappa shape index (κ3) is 3.83. The highest BCUT2D eigenvalue weighted by atomic mass is 16.5. The van der Waals surface area contributed by atoms with Gasteiger partial charge in [0.25, 0.3) is 0 Å². The zero-order valence-corrected chi connectivity index (χ0v) is 10.2. The summed E-state index contributed by atoms with van der Waals surface area (Å²) in [5.74, 6) is -0.386. The lowest BCUT2D eigenvalue weighted by Gasteiger charge is -2.11. The normalized spacial score (nSPS) is 9.53. The molecule has 1 rings (SSSR count). The molecule has 0 bridgehead atoms. The molecule has 2 N–H and O–H groups in total. The van der Waals surface area contributed by atoms with Crippen molar-refractivity contribution < 1.29 is 9.53 Å². The zero-order chi connectivity index (χ0) is 12.7. The van der Waals surface area contributed by atoms with Gasteiger partial charge in [-0.1, -0.05) is 12.6 Å². The Kier molecular flexibility index (Phi) is 5.07. The minimum atomic E-state index is -0.386. The molecule has 92 valence electrons. The molecule has 4 nitrogen and oxygen atoms in total. The number of carbonyl (C=O) groups is 1. The van der Waals surface area contributed by atoms with Gasteiger partial charge in [-0.2, -0.15) is 0 Å². The van der Waals surface area contributed by atoms with E-state index in [0.29, 0.717) is 13.0 Å². The van der Waals surface area contributed by atoms with Crippen LogP contribution in [0.4, 0.5) is 11.4 Å². The summed E-state index contributed by atoms with van der Waals surface area (Å²) in [5.41, 5.74) is 3.19. The van der Waals surface area contributed by atoms with Gasteiger partial charge >= 0.3 is 5.97 Å². The maximum Gasteiger partial charge on any atom is 0.330 e. The van der Waals surface area contributed by atoms with Crippen LogP contribution < -0.4 is 10.6 Å². The Hall–Kier alpha value is -1.97. The Balaban J connectivity index is 2.64. The predicted molar refractivity (Wildman–Crippen MR) is 70.4 cm³/mol. The first-order valence-electron chi connectivity index (χ1n) is 5.49. The highest BCUT2D eigenvalue weighted by molar-refractivity contribution is 5.81. The van der Waals surface area contributed by atoms with Gasteiger partial charge in [-0.05, 0) is 17.7 Å². The summed E-state index contributed by atoms with van der Waals surface area (Å²) in [6.45, 7) is 3.71. The van der Waals surface area contributed by atoms with Crippen LogP contribution in [-0.2, 0) is 16.0 Å². The number of esters is 1. The molecule has 4 heteroatoms. The second-order valence-electron chi connectivity index (χ2n) is 3.49. The fourth-order valence-corrected chi connectivity index (χ4v) is 1.50. The third-order valence-corrected chi connectivity index (χ3v) is 2.45. The number of hydrogen-bond donors (Lipinski definition) is 2. The van der Waals surface area contributed by atoms with Crippen molar-refractivity contribution in [3.05, 3.63) is 36.4 Å². The molecular formula is C13H18N2O2. The Bertz CT molecular complexity index is 402. The van der Waals surface area contributed by atoms with Gasteiger partial charge in [-0.3, -0.25) is 0 Å². The number of benzene rings is 1. The molecule has 1 aromatic rings. The van der Waals surface area contributed by atoms with Crippen molar-refractivity contribution in [2.75, 3.05) is 31.3 Å². The maximum absolute atomic E-state index is 10.9. The summed E-state index contributed by atoms with van der Waals surface area (Å²) < 4.78 is 4.95. The molecule has 1 aromatic carbocycles. The first-order chi connectivity index (χ1) is 8.21. The lowest BCUT2D eigenvalue weighted by molar-refractivity contribution is -0.137. The van der Waals surface area contributed by atoms with E-state index in [-0.39, 0.29) is 5.97 Å². The average Bonchev–Trinajstić information content (AvgIpc) is 2.38. The molecule has 0 saturated heterocycles. The smallest absolute Gasteiger partial charge is 0.330 e. The van der Waals surface area contributed by atoms with E-state index >= 15 is 0 Å². The van der Waals surface area contributed by atoms with Crippen LogP contribution in [0.3, 0.4) is 0 Å². The Morgan fingerprint density at radius 1 is 1.41 bits per heavy atom. The highest BCUT2D eigenvalue weighted by Gasteiger charge is 2.03. The molecule has 0 aliphatic rings. The Morgan fingerprint density at radius 3 is 2.76 bits per heavy atom.